The number of nitrogens with one attached hydrogen (secondary N) is 2. The van der Waals surface area contributed by atoms with Gasteiger partial charge < -0.3 is 25.4 Å². The van der Waals surface area contributed by atoms with Gasteiger partial charge in [0.1, 0.15) is 17.2 Å². The number of nitrogens with zero attached hydrogens (tertiary/aromatic N) is 2. The van der Waals surface area contributed by atoms with Crippen LogP contribution in [0.4, 0.5) is 4.79 Å². The van der Waals surface area contributed by atoms with Gasteiger partial charge in [-0.3, -0.25) is 14.5 Å². The summed E-state index contributed by atoms with van der Waals surface area (Å²) in [6, 6.07) is 8.72. The predicted molar refractivity (Wildman–Crippen MR) is 114 cm³/mol. The van der Waals surface area contributed by atoms with Crippen LogP contribution in [0.25, 0.3) is 0 Å². The summed E-state index contributed by atoms with van der Waals surface area (Å²) in [5.74, 6) is -0.547. The Labute approximate surface area is 182 Å². The second kappa shape index (κ2) is 8.84. The Hall–Kier alpha value is -2.65. The van der Waals surface area contributed by atoms with Gasteiger partial charge >= 0.3 is 6.09 Å². The van der Waals surface area contributed by atoms with Crippen molar-refractivity contribution >= 4 is 17.9 Å². The lowest BCUT2D eigenvalue weighted by Crippen LogP contribution is -2.80. The lowest BCUT2D eigenvalue weighted by Gasteiger charge is -2.54. The fourth-order valence-electron chi connectivity index (χ4n) is 3.94. The first-order valence-electron chi connectivity index (χ1n) is 10.6. The first-order valence-corrected chi connectivity index (χ1v) is 10.6. The molecule has 2 heterocycles. The molecule has 9 heteroatoms. The average molecular weight is 433 g/mol. The molecule has 1 unspecified atom stereocenters. The zero-order valence-electron chi connectivity index (χ0n) is 18.6. The van der Waals surface area contributed by atoms with Crippen molar-refractivity contribution in [2.24, 2.45) is 0 Å². The summed E-state index contributed by atoms with van der Waals surface area (Å²) >= 11 is 0. The van der Waals surface area contributed by atoms with E-state index < -0.39 is 35.3 Å². The van der Waals surface area contributed by atoms with Crippen molar-refractivity contribution < 1.29 is 24.2 Å². The third kappa shape index (κ3) is 5.16. The lowest BCUT2D eigenvalue weighted by atomic mass is 9.85. The van der Waals surface area contributed by atoms with E-state index in [1.54, 1.807) is 25.7 Å². The molecule has 170 valence electrons. The van der Waals surface area contributed by atoms with Gasteiger partial charge in [-0.2, -0.15) is 0 Å². The second-order valence-corrected chi connectivity index (χ2v) is 9.25. The second-order valence-electron chi connectivity index (χ2n) is 9.25. The molecular formula is C22H32N4O5. The Morgan fingerprint density at radius 2 is 1.94 bits per heavy atom. The molecule has 3 atom stereocenters. The number of rotatable bonds is 5. The predicted octanol–water partition coefficient (Wildman–Crippen LogP) is 0.474. The van der Waals surface area contributed by atoms with Crippen LogP contribution in [0, 0.1) is 0 Å². The third-order valence-electron chi connectivity index (χ3n) is 5.61. The Morgan fingerprint density at radius 3 is 2.45 bits per heavy atom. The Morgan fingerprint density at radius 1 is 1.26 bits per heavy atom. The van der Waals surface area contributed by atoms with Gasteiger partial charge in [0.15, 0.2) is 0 Å². The van der Waals surface area contributed by atoms with Crippen LogP contribution in [-0.4, -0.2) is 82.3 Å². The molecule has 1 spiro atoms. The molecule has 3 rings (SSSR count). The Balaban J connectivity index is 1.72. The number of carbonyl (C=O) groups excluding carboxylic acids is 3. The van der Waals surface area contributed by atoms with Gasteiger partial charge in [-0.25, -0.2) is 4.79 Å². The molecule has 0 bridgehead atoms. The fourth-order valence-corrected chi connectivity index (χ4v) is 3.94. The lowest BCUT2D eigenvalue weighted by molar-refractivity contribution is -0.157. The number of ether oxygens (including phenoxy) is 1. The van der Waals surface area contributed by atoms with Gasteiger partial charge in [0.2, 0.25) is 11.8 Å². The van der Waals surface area contributed by atoms with Crippen LogP contribution in [-0.2, 0) is 20.9 Å². The molecule has 2 fully saturated rings. The van der Waals surface area contributed by atoms with Gasteiger partial charge in [0, 0.05) is 32.7 Å². The topological polar surface area (TPSA) is 111 Å². The molecular weight excluding hydrogens is 400 g/mol. The molecule has 31 heavy (non-hydrogen) atoms. The van der Waals surface area contributed by atoms with Crippen LogP contribution < -0.4 is 10.6 Å². The summed E-state index contributed by atoms with van der Waals surface area (Å²) in [4.78, 5) is 41.6. The monoisotopic (exact) mass is 432 g/mol. The minimum absolute atomic E-state index is 0.116. The van der Waals surface area contributed by atoms with Gasteiger partial charge in [-0.1, -0.05) is 30.3 Å². The van der Waals surface area contributed by atoms with E-state index in [1.165, 1.54) is 6.92 Å². The quantitative estimate of drug-likeness (QED) is 0.584. The van der Waals surface area contributed by atoms with E-state index >= 15 is 0 Å². The van der Waals surface area contributed by atoms with Crippen molar-refractivity contribution in [3.63, 3.8) is 0 Å². The number of hydrogen-bond donors (Lipinski definition) is 3. The summed E-state index contributed by atoms with van der Waals surface area (Å²) in [5, 5.41) is 15.4. The van der Waals surface area contributed by atoms with E-state index in [0.29, 0.717) is 26.2 Å². The molecule has 1 aromatic rings. The smallest absolute Gasteiger partial charge is 0.408 e. The first kappa shape index (κ1) is 23.0. The molecule has 1 aromatic carbocycles. The van der Waals surface area contributed by atoms with Crippen LogP contribution in [0.15, 0.2) is 30.3 Å². The van der Waals surface area contributed by atoms with Crippen LogP contribution in [0.5, 0.6) is 0 Å². The molecule has 0 aromatic heterocycles. The summed E-state index contributed by atoms with van der Waals surface area (Å²) < 4.78 is 5.23. The molecule has 2 saturated heterocycles. The summed E-state index contributed by atoms with van der Waals surface area (Å²) in [5.41, 5.74) is -0.443. The number of aliphatic hydroxyl groups excluding tert-OH is 1. The molecule has 2 aliphatic rings. The van der Waals surface area contributed by atoms with Crippen molar-refractivity contribution in [2.75, 3.05) is 26.2 Å². The molecule has 0 radical (unpaired) electrons. The number of benzene rings is 1. The van der Waals surface area contributed by atoms with E-state index in [2.05, 4.69) is 15.5 Å². The fraction of sp³-hybridized carbons (Fsp3) is 0.591. The van der Waals surface area contributed by atoms with Crippen molar-refractivity contribution in [1.29, 1.82) is 0 Å². The highest BCUT2D eigenvalue weighted by atomic mass is 16.6. The standard InChI is InChI=1S/C22H32N4O5/c1-15(27)17(24-20(30)31-21(2,3)4)18(28)25-10-11-26(12-16-8-6-5-7-9-16)22(14-25)13-23-19(22)29/h5-9,15,17,27H,10-14H2,1-4H3,(H,23,29)(H,24,30)/t15-,17+,22?/m1/s1. The Bertz CT molecular complexity index is 823. The van der Waals surface area contributed by atoms with Gasteiger partial charge in [-0.05, 0) is 33.3 Å². The summed E-state index contributed by atoms with van der Waals surface area (Å²) in [6.07, 6.45) is -1.89. The zero-order chi connectivity index (χ0) is 22.8. The van der Waals surface area contributed by atoms with Gasteiger partial charge in [-0.15, -0.1) is 0 Å². The summed E-state index contributed by atoms with van der Waals surface area (Å²) in [7, 11) is 0. The van der Waals surface area contributed by atoms with Crippen molar-refractivity contribution in [1.82, 2.24) is 20.4 Å². The molecule has 3 N–H and O–H groups in total. The Kier molecular flexibility index (Phi) is 6.56. The largest absolute Gasteiger partial charge is 0.444 e. The van der Waals surface area contributed by atoms with Crippen LogP contribution >= 0.6 is 0 Å². The van der Waals surface area contributed by atoms with Crippen molar-refractivity contribution in [3.8, 4) is 0 Å². The highest BCUT2D eigenvalue weighted by Crippen LogP contribution is 2.29. The van der Waals surface area contributed by atoms with Crippen LogP contribution in [0.3, 0.4) is 0 Å². The van der Waals surface area contributed by atoms with E-state index in [9.17, 15) is 19.5 Å². The van der Waals surface area contributed by atoms with E-state index in [0.717, 1.165) is 5.56 Å². The zero-order valence-corrected chi connectivity index (χ0v) is 18.6. The molecule has 0 aliphatic carbocycles. The third-order valence-corrected chi connectivity index (χ3v) is 5.61. The number of amides is 3. The molecule has 9 nitrogen and oxygen atoms in total. The number of carbonyl (C=O) groups is 3. The minimum atomic E-state index is -1.16. The normalized spacial score (nSPS) is 23.5. The molecule has 2 aliphatic heterocycles. The molecule has 0 saturated carbocycles. The van der Waals surface area contributed by atoms with Crippen molar-refractivity contribution in [3.05, 3.63) is 35.9 Å². The first-order chi connectivity index (χ1) is 14.5. The van der Waals surface area contributed by atoms with Crippen LogP contribution in [0.2, 0.25) is 0 Å². The number of alkyl carbamates (subject to hydrolysis) is 1. The highest BCUT2D eigenvalue weighted by Gasteiger charge is 2.55. The van der Waals surface area contributed by atoms with Crippen LogP contribution in [0.1, 0.15) is 33.3 Å². The van der Waals surface area contributed by atoms with E-state index in [-0.39, 0.29) is 12.5 Å². The van der Waals surface area contributed by atoms with Gasteiger partial charge in [0.25, 0.3) is 0 Å². The SMILES string of the molecule is C[C@@H](O)[C@H](NC(=O)OC(C)(C)C)C(=O)N1CCN(Cc2ccccc2)C2(CNC2=O)C1. The maximum absolute atomic E-state index is 13.2. The average Bonchev–Trinajstić information content (AvgIpc) is 2.70. The van der Waals surface area contributed by atoms with Crippen molar-refractivity contribution in [2.45, 2.75) is 57.5 Å². The number of hydrogen-bond acceptors (Lipinski definition) is 6. The maximum atomic E-state index is 13.2. The highest BCUT2D eigenvalue weighted by molar-refractivity contribution is 5.94. The maximum Gasteiger partial charge on any atom is 0.408 e. The minimum Gasteiger partial charge on any atom is -0.444 e. The number of β-lactam (4-membered cyclic amide) rings is 1. The number of aliphatic hydroxyl groups is 1. The number of piperazine rings is 1. The molecule has 3 amide bonds. The summed E-state index contributed by atoms with van der Waals surface area (Å²) in [6.45, 7) is 8.74. The van der Waals surface area contributed by atoms with E-state index in [4.69, 9.17) is 4.74 Å². The van der Waals surface area contributed by atoms with Gasteiger partial charge in [0.05, 0.1) is 6.10 Å². The van der Waals surface area contributed by atoms with E-state index in [1.807, 2.05) is 30.3 Å².